The van der Waals surface area contributed by atoms with Crippen molar-refractivity contribution in [2.45, 2.75) is 17.1 Å². The summed E-state index contributed by atoms with van der Waals surface area (Å²) in [6, 6.07) is 19.8. The van der Waals surface area contributed by atoms with Gasteiger partial charge in [-0.05, 0) is 59.8 Å². The van der Waals surface area contributed by atoms with Gasteiger partial charge in [0, 0.05) is 37.6 Å². The normalized spacial score (nSPS) is 14.4. The molecule has 0 aliphatic carbocycles. The minimum absolute atomic E-state index is 0.0589. The molecule has 2 heterocycles. The zero-order chi connectivity index (χ0) is 23.3. The van der Waals surface area contributed by atoms with Gasteiger partial charge in [0.05, 0.1) is 18.1 Å². The molecule has 4 rings (SSSR count). The van der Waals surface area contributed by atoms with E-state index >= 15 is 0 Å². The first kappa shape index (κ1) is 22.8. The number of thiophene rings is 1. The van der Waals surface area contributed by atoms with E-state index in [2.05, 4.69) is 15.7 Å². The van der Waals surface area contributed by atoms with Crippen LogP contribution >= 0.6 is 11.3 Å². The first-order valence-corrected chi connectivity index (χ1v) is 13.0. The first-order valence-electron chi connectivity index (χ1n) is 10.6. The lowest BCUT2D eigenvalue weighted by Crippen LogP contribution is -2.36. The van der Waals surface area contributed by atoms with Gasteiger partial charge >= 0.3 is 0 Å². The fourth-order valence-corrected chi connectivity index (χ4v) is 5.82. The highest BCUT2D eigenvalue weighted by molar-refractivity contribution is 7.94. The number of carbonyl (C=O) groups excluding carboxylic acids is 1. The number of rotatable bonds is 6. The number of sulfonamides is 1. The van der Waals surface area contributed by atoms with E-state index in [0.717, 1.165) is 42.1 Å². The lowest BCUT2D eigenvalue weighted by atomic mass is 10.1. The second kappa shape index (κ2) is 10.1. The van der Waals surface area contributed by atoms with Gasteiger partial charge in [-0.1, -0.05) is 18.2 Å². The minimum Gasteiger partial charge on any atom is -0.370 e. The maximum Gasteiger partial charge on any atom is 0.271 e. The molecule has 170 valence electrons. The molecule has 0 radical (unpaired) electrons. The molecule has 1 fully saturated rings. The second-order valence-electron chi connectivity index (χ2n) is 7.79. The summed E-state index contributed by atoms with van der Waals surface area (Å²) in [5.74, 6) is 0.0589. The maximum absolute atomic E-state index is 12.9. The molecule has 1 aliphatic rings. The van der Waals surface area contributed by atoms with Gasteiger partial charge in [-0.2, -0.15) is 5.26 Å². The van der Waals surface area contributed by atoms with Crippen molar-refractivity contribution in [3.63, 3.8) is 0 Å². The van der Waals surface area contributed by atoms with E-state index in [1.807, 2.05) is 29.2 Å². The summed E-state index contributed by atoms with van der Waals surface area (Å²) < 4.78 is 27.5. The number of anilines is 2. The molecule has 1 N–H and O–H groups in total. The number of hydrogen-bond donors (Lipinski definition) is 1. The number of hydrogen-bond acceptors (Lipinski definition) is 6. The molecule has 9 heteroatoms. The van der Waals surface area contributed by atoms with Crippen molar-refractivity contribution in [1.82, 2.24) is 4.90 Å². The Morgan fingerprint density at radius 1 is 1.00 bits per heavy atom. The van der Waals surface area contributed by atoms with E-state index in [1.54, 1.807) is 41.8 Å². The zero-order valence-corrected chi connectivity index (χ0v) is 19.6. The number of nitrogens with zero attached hydrogens (tertiary/aromatic N) is 3. The van der Waals surface area contributed by atoms with Crippen LogP contribution < -0.4 is 9.62 Å². The summed E-state index contributed by atoms with van der Waals surface area (Å²) in [6.07, 6.45) is 1.14. The standard InChI is InChI=1S/C24H24N4O3S2/c25-18-20-6-10-22(11-7-20)27-12-2-13-28(15-14-27)23(29)17-19-4-8-21(9-5-19)26-33(30,31)24-3-1-16-32-24/h1,3-11,16,26H,2,12-15,17H2. The molecule has 1 saturated heterocycles. The summed E-state index contributed by atoms with van der Waals surface area (Å²) in [4.78, 5) is 17.0. The van der Waals surface area contributed by atoms with Gasteiger partial charge in [0.15, 0.2) is 0 Å². The molecule has 0 spiro atoms. The van der Waals surface area contributed by atoms with Gasteiger partial charge in [0.1, 0.15) is 4.21 Å². The highest BCUT2D eigenvalue weighted by Gasteiger charge is 2.20. The largest absolute Gasteiger partial charge is 0.370 e. The molecule has 7 nitrogen and oxygen atoms in total. The number of carbonyl (C=O) groups is 1. The molecule has 1 aliphatic heterocycles. The van der Waals surface area contributed by atoms with Crippen LogP contribution in [0.3, 0.4) is 0 Å². The highest BCUT2D eigenvalue weighted by atomic mass is 32.2. The van der Waals surface area contributed by atoms with Gasteiger partial charge in [0.2, 0.25) is 5.91 Å². The molecular weight excluding hydrogens is 456 g/mol. The van der Waals surface area contributed by atoms with Gasteiger partial charge in [-0.3, -0.25) is 9.52 Å². The Morgan fingerprint density at radius 3 is 2.42 bits per heavy atom. The summed E-state index contributed by atoms with van der Waals surface area (Å²) >= 11 is 1.16. The third kappa shape index (κ3) is 5.72. The fourth-order valence-electron chi connectivity index (χ4n) is 3.77. The molecule has 1 amide bonds. The maximum atomic E-state index is 12.9. The highest BCUT2D eigenvalue weighted by Crippen LogP contribution is 2.21. The average Bonchev–Trinajstić information content (AvgIpc) is 3.26. The fraction of sp³-hybridized carbons (Fsp3) is 0.250. The Morgan fingerprint density at radius 2 is 1.76 bits per heavy atom. The molecule has 33 heavy (non-hydrogen) atoms. The number of benzene rings is 2. The SMILES string of the molecule is N#Cc1ccc(N2CCCN(C(=O)Cc3ccc(NS(=O)(=O)c4cccs4)cc3)CC2)cc1. The van der Waals surface area contributed by atoms with Gasteiger partial charge in [-0.15, -0.1) is 11.3 Å². The van der Waals surface area contributed by atoms with Crippen LogP contribution in [0, 0.1) is 11.3 Å². The summed E-state index contributed by atoms with van der Waals surface area (Å²) in [5.41, 5.74) is 3.00. The third-order valence-electron chi connectivity index (χ3n) is 5.53. The summed E-state index contributed by atoms with van der Waals surface area (Å²) in [6.45, 7) is 2.93. The van der Waals surface area contributed by atoms with Crippen molar-refractivity contribution in [1.29, 1.82) is 5.26 Å². The van der Waals surface area contributed by atoms with Gasteiger partial charge in [-0.25, -0.2) is 8.42 Å². The second-order valence-corrected chi connectivity index (χ2v) is 10.6. The number of nitriles is 1. The Balaban J connectivity index is 1.33. The van der Waals surface area contributed by atoms with E-state index in [-0.39, 0.29) is 16.5 Å². The molecule has 2 aromatic carbocycles. The van der Waals surface area contributed by atoms with Crippen molar-refractivity contribution in [3.05, 3.63) is 77.2 Å². The van der Waals surface area contributed by atoms with E-state index < -0.39 is 10.0 Å². The minimum atomic E-state index is -3.59. The summed E-state index contributed by atoms with van der Waals surface area (Å²) in [7, 11) is -3.59. The first-order chi connectivity index (χ1) is 15.9. The molecule has 0 atom stereocenters. The zero-order valence-electron chi connectivity index (χ0n) is 18.0. The molecule has 3 aromatic rings. The topological polar surface area (TPSA) is 93.5 Å². The Kier molecular flexibility index (Phi) is 6.96. The Labute approximate surface area is 197 Å². The summed E-state index contributed by atoms with van der Waals surface area (Å²) in [5, 5.41) is 10.7. The number of amides is 1. The van der Waals surface area contributed by atoms with Crippen molar-refractivity contribution in [2.24, 2.45) is 0 Å². The molecule has 0 unspecified atom stereocenters. The monoisotopic (exact) mass is 480 g/mol. The lowest BCUT2D eigenvalue weighted by Gasteiger charge is -2.24. The lowest BCUT2D eigenvalue weighted by molar-refractivity contribution is -0.130. The van der Waals surface area contributed by atoms with Crippen LogP contribution in [0.15, 0.2) is 70.3 Å². The average molecular weight is 481 g/mol. The molecule has 0 bridgehead atoms. The Hall–Kier alpha value is -3.35. The van der Waals surface area contributed by atoms with Crippen LogP contribution in [-0.2, 0) is 21.2 Å². The van der Waals surface area contributed by atoms with E-state index in [1.165, 1.54) is 0 Å². The number of nitrogens with one attached hydrogen (secondary N) is 1. The van der Waals surface area contributed by atoms with E-state index in [4.69, 9.17) is 5.26 Å². The van der Waals surface area contributed by atoms with Gasteiger partial charge < -0.3 is 9.80 Å². The van der Waals surface area contributed by atoms with Crippen LogP contribution in [0.5, 0.6) is 0 Å². The van der Waals surface area contributed by atoms with E-state index in [9.17, 15) is 13.2 Å². The Bertz CT molecular complexity index is 1230. The quantitative estimate of drug-likeness (QED) is 0.581. The van der Waals surface area contributed by atoms with Crippen LogP contribution in [0.1, 0.15) is 17.5 Å². The molecule has 1 aromatic heterocycles. The smallest absolute Gasteiger partial charge is 0.271 e. The van der Waals surface area contributed by atoms with Crippen molar-refractivity contribution in [2.75, 3.05) is 35.8 Å². The van der Waals surface area contributed by atoms with E-state index in [0.29, 0.717) is 24.3 Å². The predicted molar refractivity (Wildman–Crippen MR) is 130 cm³/mol. The molecular formula is C24H24N4O3S2. The van der Waals surface area contributed by atoms with Crippen molar-refractivity contribution < 1.29 is 13.2 Å². The predicted octanol–water partition coefficient (Wildman–Crippen LogP) is 3.70. The van der Waals surface area contributed by atoms with Crippen LogP contribution in [0.4, 0.5) is 11.4 Å². The van der Waals surface area contributed by atoms with Gasteiger partial charge in [0.25, 0.3) is 10.0 Å². The van der Waals surface area contributed by atoms with Crippen molar-refractivity contribution in [3.8, 4) is 6.07 Å². The molecule has 0 saturated carbocycles. The van der Waals surface area contributed by atoms with Crippen LogP contribution in [-0.4, -0.2) is 45.4 Å². The van der Waals surface area contributed by atoms with Crippen LogP contribution in [0.2, 0.25) is 0 Å². The van der Waals surface area contributed by atoms with Crippen molar-refractivity contribution >= 4 is 38.6 Å². The van der Waals surface area contributed by atoms with Crippen LogP contribution in [0.25, 0.3) is 0 Å². The third-order valence-corrected chi connectivity index (χ3v) is 8.31.